The van der Waals surface area contributed by atoms with E-state index in [0.29, 0.717) is 12.2 Å². The van der Waals surface area contributed by atoms with Crippen molar-refractivity contribution >= 4 is 17.5 Å². The highest BCUT2D eigenvalue weighted by Crippen LogP contribution is 2.20. The third kappa shape index (κ3) is 4.89. The predicted molar refractivity (Wildman–Crippen MR) is 97.9 cm³/mol. The van der Waals surface area contributed by atoms with Crippen LogP contribution < -0.4 is 11.1 Å². The number of carbonyl (C=O) groups is 2. The van der Waals surface area contributed by atoms with Gasteiger partial charge in [0, 0.05) is 23.7 Å². The summed E-state index contributed by atoms with van der Waals surface area (Å²) in [5, 5.41) is 2.70. The number of primary amides is 1. The van der Waals surface area contributed by atoms with Gasteiger partial charge >= 0.3 is 0 Å². The van der Waals surface area contributed by atoms with Crippen LogP contribution in [0.2, 0.25) is 0 Å². The molecule has 3 rings (SSSR count). The summed E-state index contributed by atoms with van der Waals surface area (Å²) in [7, 11) is 0. The molecule has 0 aromatic heterocycles. The van der Waals surface area contributed by atoms with E-state index in [9.17, 15) is 18.4 Å². The molecule has 142 valence electrons. The van der Waals surface area contributed by atoms with Crippen LogP contribution in [0.25, 0.3) is 0 Å². The second kappa shape index (κ2) is 8.26. The Hall–Kier alpha value is -2.80. The molecule has 0 atom stereocenters. The maximum atomic E-state index is 13.3. The van der Waals surface area contributed by atoms with Crippen LogP contribution in [0.5, 0.6) is 0 Å². The molecule has 2 aromatic carbocycles. The van der Waals surface area contributed by atoms with Gasteiger partial charge in [0.25, 0.3) is 5.91 Å². The van der Waals surface area contributed by atoms with E-state index in [1.165, 1.54) is 6.07 Å². The van der Waals surface area contributed by atoms with Crippen molar-refractivity contribution in [2.45, 2.75) is 19.4 Å². The Morgan fingerprint density at radius 3 is 2.48 bits per heavy atom. The van der Waals surface area contributed by atoms with Crippen LogP contribution in [0.1, 0.15) is 28.8 Å². The molecular formula is C20H21F2N3O2. The average molecular weight is 373 g/mol. The molecule has 1 aliphatic heterocycles. The topological polar surface area (TPSA) is 75.4 Å². The van der Waals surface area contributed by atoms with E-state index in [2.05, 4.69) is 10.2 Å². The number of likely N-dealkylation sites (tertiary alicyclic amines) is 1. The minimum Gasteiger partial charge on any atom is -0.369 e. The van der Waals surface area contributed by atoms with Crippen LogP contribution in [0.3, 0.4) is 0 Å². The number of nitrogens with two attached hydrogens (primary N) is 1. The van der Waals surface area contributed by atoms with Gasteiger partial charge in [0.05, 0.1) is 0 Å². The molecule has 2 amide bonds. The number of benzene rings is 2. The Morgan fingerprint density at radius 1 is 1.07 bits per heavy atom. The van der Waals surface area contributed by atoms with Crippen LogP contribution in [0.15, 0.2) is 42.5 Å². The van der Waals surface area contributed by atoms with Gasteiger partial charge in [-0.25, -0.2) is 8.78 Å². The van der Waals surface area contributed by atoms with Crippen molar-refractivity contribution in [3.63, 3.8) is 0 Å². The minimum atomic E-state index is -1.06. The summed E-state index contributed by atoms with van der Waals surface area (Å²) in [6.45, 7) is 2.28. The van der Waals surface area contributed by atoms with E-state index in [0.717, 1.165) is 43.6 Å². The molecule has 0 bridgehead atoms. The number of anilines is 1. The zero-order chi connectivity index (χ0) is 19.4. The molecular weight excluding hydrogens is 352 g/mol. The van der Waals surface area contributed by atoms with Crippen LogP contribution in [-0.4, -0.2) is 29.8 Å². The van der Waals surface area contributed by atoms with Crippen molar-refractivity contribution in [1.29, 1.82) is 0 Å². The zero-order valence-electron chi connectivity index (χ0n) is 14.8. The molecule has 1 saturated heterocycles. The van der Waals surface area contributed by atoms with E-state index in [-0.39, 0.29) is 17.4 Å². The molecule has 2 aromatic rings. The number of amides is 2. The van der Waals surface area contributed by atoms with Gasteiger partial charge < -0.3 is 11.1 Å². The number of halogens is 2. The zero-order valence-corrected chi connectivity index (χ0v) is 14.8. The van der Waals surface area contributed by atoms with E-state index < -0.39 is 17.5 Å². The Balaban J connectivity index is 1.61. The second-order valence-electron chi connectivity index (χ2n) is 6.74. The minimum absolute atomic E-state index is 0.0489. The quantitative estimate of drug-likeness (QED) is 0.846. The average Bonchev–Trinajstić information content (AvgIpc) is 2.64. The van der Waals surface area contributed by atoms with Gasteiger partial charge in [-0.3, -0.25) is 14.5 Å². The van der Waals surface area contributed by atoms with Crippen molar-refractivity contribution in [2.75, 3.05) is 18.4 Å². The number of hydrogen-bond acceptors (Lipinski definition) is 3. The fourth-order valence-electron chi connectivity index (χ4n) is 3.22. The first-order chi connectivity index (χ1) is 12.9. The fraction of sp³-hybridized carbons (Fsp3) is 0.300. The molecule has 5 nitrogen and oxygen atoms in total. The van der Waals surface area contributed by atoms with E-state index in [4.69, 9.17) is 5.73 Å². The van der Waals surface area contributed by atoms with Crippen LogP contribution in [-0.2, 0) is 11.3 Å². The van der Waals surface area contributed by atoms with Gasteiger partial charge in [0.15, 0.2) is 11.6 Å². The maximum absolute atomic E-state index is 13.3. The van der Waals surface area contributed by atoms with Gasteiger partial charge in [0.2, 0.25) is 5.91 Å². The summed E-state index contributed by atoms with van der Waals surface area (Å²) in [4.78, 5) is 25.7. The molecule has 0 unspecified atom stereocenters. The van der Waals surface area contributed by atoms with Crippen molar-refractivity contribution in [3.05, 3.63) is 65.2 Å². The number of nitrogens with one attached hydrogen (secondary N) is 1. The van der Waals surface area contributed by atoms with E-state index in [1.807, 2.05) is 18.2 Å². The fourth-order valence-corrected chi connectivity index (χ4v) is 3.22. The highest BCUT2D eigenvalue weighted by molar-refractivity contribution is 6.04. The number of nitrogens with zero attached hydrogens (tertiary/aromatic N) is 1. The highest BCUT2D eigenvalue weighted by Gasteiger charge is 2.23. The summed E-state index contributed by atoms with van der Waals surface area (Å²) in [5.41, 5.74) is 6.99. The van der Waals surface area contributed by atoms with Crippen molar-refractivity contribution in [1.82, 2.24) is 4.90 Å². The molecule has 1 fully saturated rings. The Labute approximate surface area is 156 Å². The lowest BCUT2D eigenvalue weighted by Crippen LogP contribution is -2.38. The summed E-state index contributed by atoms with van der Waals surface area (Å²) in [6, 6.07) is 10.4. The number of hydrogen-bond donors (Lipinski definition) is 2. The van der Waals surface area contributed by atoms with Gasteiger partial charge in [-0.1, -0.05) is 12.1 Å². The number of rotatable bonds is 5. The number of carbonyl (C=O) groups excluding carboxylic acids is 2. The molecule has 0 spiro atoms. The van der Waals surface area contributed by atoms with Gasteiger partial charge in [-0.2, -0.15) is 0 Å². The van der Waals surface area contributed by atoms with Crippen LogP contribution >= 0.6 is 0 Å². The third-order valence-electron chi connectivity index (χ3n) is 4.76. The van der Waals surface area contributed by atoms with Gasteiger partial charge in [-0.15, -0.1) is 0 Å². The standard InChI is InChI=1S/C20H21F2N3O2/c21-17-5-4-15(11-18(17)22)20(27)24-16-3-1-2-13(10-16)12-25-8-6-14(7-9-25)19(23)26/h1-5,10-11,14H,6-9,12H2,(H2,23,26)(H,24,27). The summed E-state index contributed by atoms with van der Waals surface area (Å²) >= 11 is 0. The summed E-state index contributed by atoms with van der Waals surface area (Å²) < 4.78 is 26.3. The molecule has 0 aliphatic carbocycles. The Kier molecular flexibility index (Phi) is 5.81. The first-order valence-electron chi connectivity index (χ1n) is 8.79. The van der Waals surface area contributed by atoms with Gasteiger partial charge in [-0.05, 0) is 61.8 Å². The Morgan fingerprint density at radius 2 is 1.81 bits per heavy atom. The third-order valence-corrected chi connectivity index (χ3v) is 4.76. The predicted octanol–water partition coefficient (Wildman–Crippen LogP) is 2.91. The van der Waals surface area contributed by atoms with E-state index in [1.54, 1.807) is 6.07 Å². The monoisotopic (exact) mass is 373 g/mol. The normalized spacial score (nSPS) is 15.5. The first kappa shape index (κ1) is 19.0. The molecule has 0 radical (unpaired) electrons. The smallest absolute Gasteiger partial charge is 0.255 e. The molecule has 7 heteroatoms. The van der Waals surface area contributed by atoms with Gasteiger partial charge in [0.1, 0.15) is 0 Å². The van der Waals surface area contributed by atoms with Crippen LogP contribution in [0.4, 0.5) is 14.5 Å². The SMILES string of the molecule is NC(=O)C1CCN(Cc2cccc(NC(=O)c3ccc(F)c(F)c3)c2)CC1. The number of piperidine rings is 1. The molecule has 27 heavy (non-hydrogen) atoms. The van der Waals surface area contributed by atoms with Crippen LogP contribution in [0, 0.1) is 17.6 Å². The lowest BCUT2D eigenvalue weighted by Gasteiger charge is -2.30. The second-order valence-corrected chi connectivity index (χ2v) is 6.74. The van der Waals surface area contributed by atoms with Crippen molar-refractivity contribution in [3.8, 4) is 0 Å². The lowest BCUT2D eigenvalue weighted by molar-refractivity contribution is -0.123. The molecule has 3 N–H and O–H groups in total. The highest BCUT2D eigenvalue weighted by atomic mass is 19.2. The maximum Gasteiger partial charge on any atom is 0.255 e. The molecule has 1 aliphatic rings. The van der Waals surface area contributed by atoms with Crippen molar-refractivity contribution in [2.24, 2.45) is 11.7 Å². The summed E-state index contributed by atoms with van der Waals surface area (Å²) in [6.07, 6.45) is 1.50. The summed E-state index contributed by atoms with van der Waals surface area (Å²) in [5.74, 6) is -2.85. The molecule has 1 heterocycles. The largest absolute Gasteiger partial charge is 0.369 e. The van der Waals surface area contributed by atoms with E-state index >= 15 is 0 Å². The first-order valence-corrected chi connectivity index (χ1v) is 8.79. The molecule has 0 saturated carbocycles. The Bertz CT molecular complexity index is 849. The van der Waals surface area contributed by atoms with Crippen molar-refractivity contribution < 1.29 is 18.4 Å². The lowest BCUT2D eigenvalue weighted by atomic mass is 9.96.